The molecule has 1 aliphatic carbocycles. The van der Waals surface area contributed by atoms with Crippen molar-refractivity contribution in [1.82, 2.24) is 0 Å². The highest BCUT2D eigenvalue weighted by atomic mass is 16.4. The van der Waals surface area contributed by atoms with Crippen LogP contribution < -0.4 is 16.1 Å². The lowest BCUT2D eigenvalue weighted by atomic mass is 10.1. The molecule has 1 heterocycles. The molecule has 1 aromatic heterocycles. The van der Waals surface area contributed by atoms with Gasteiger partial charge in [0, 0.05) is 5.39 Å². The van der Waals surface area contributed by atoms with Crippen LogP contribution in [-0.2, 0) is 0 Å². The number of benzene rings is 1. The van der Waals surface area contributed by atoms with Gasteiger partial charge in [0.1, 0.15) is 5.58 Å². The average molecular weight is 198 g/mol. The minimum absolute atomic E-state index is 0.223. The molecule has 2 heteroatoms. The lowest BCUT2D eigenvalue weighted by Gasteiger charge is -2.02. The Balaban J connectivity index is 2.69. The van der Waals surface area contributed by atoms with Crippen molar-refractivity contribution in [2.45, 2.75) is 12.8 Å². The van der Waals surface area contributed by atoms with Gasteiger partial charge in [-0.05, 0) is 24.1 Å². The zero-order valence-corrected chi connectivity index (χ0v) is 8.19. The summed E-state index contributed by atoms with van der Waals surface area (Å²) in [4.78, 5) is 11.7. The summed E-state index contributed by atoms with van der Waals surface area (Å²) in [5, 5.41) is 2.79. The second-order valence-corrected chi connectivity index (χ2v) is 3.70. The fourth-order valence-corrected chi connectivity index (χ4v) is 2.06. The maximum absolute atomic E-state index is 11.7. The highest BCUT2D eigenvalue weighted by Crippen LogP contribution is 2.06. The first kappa shape index (κ1) is 8.48. The molecule has 0 atom stereocenters. The van der Waals surface area contributed by atoms with E-state index < -0.39 is 0 Å². The molecule has 0 radical (unpaired) electrons. The largest absolute Gasteiger partial charge is 0.422 e. The maximum Gasteiger partial charge on any atom is 0.343 e. The lowest BCUT2D eigenvalue weighted by Crippen LogP contribution is -2.39. The van der Waals surface area contributed by atoms with Gasteiger partial charge in [-0.2, -0.15) is 0 Å². The van der Waals surface area contributed by atoms with E-state index in [9.17, 15) is 4.79 Å². The SMILES string of the molecule is O=c1oc2ccccc2c2c1=CCCC=2. The zero-order chi connectivity index (χ0) is 10.3. The van der Waals surface area contributed by atoms with Gasteiger partial charge in [0.25, 0.3) is 0 Å². The van der Waals surface area contributed by atoms with Gasteiger partial charge in [-0.25, -0.2) is 4.79 Å². The third-order valence-electron chi connectivity index (χ3n) is 2.75. The molecule has 0 amide bonds. The normalized spacial score (nSPS) is 14.1. The third-order valence-corrected chi connectivity index (χ3v) is 2.75. The van der Waals surface area contributed by atoms with Crippen LogP contribution in [0.15, 0.2) is 33.5 Å². The van der Waals surface area contributed by atoms with Crippen molar-refractivity contribution in [1.29, 1.82) is 0 Å². The summed E-state index contributed by atoms with van der Waals surface area (Å²) in [5.41, 5.74) is 0.451. The van der Waals surface area contributed by atoms with Crippen molar-refractivity contribution in [3.63, 3.8) is 0 Å². The van der Waals surface area contributed by atoms with Crippen LogP contribution in [0.3, 0.4) is 0 Å². The van der Waals surface area contributed by atoms with E-state index in [4.69, 9.17) is 4.42 Å². The van der Waals surface area contributed by atoms with Crippen LogP contribution in [0.4, 0.5) is 0 Å². The molecular weight excluding hydrogens is 188 g/mol. The summed E-state index contributed by atoms with van der Waals surface area (Å²) in [6.07, 6.45) is 6.01. The Morgan fingerprint density at radius 2 is 1.73 bits per heavy atom. The molecule has 0 saturated carbocycles. The maximum atomic E-state index is 11.7. The topological polar surface area (TPSA) is 30.2 Å². The summed E-state index contributed by atoms with van der Waals surface area (Å²) >= 11 is 0. The van der Waals surface area contributed by atoms with Crippen LogP contribution in [0.1, 0.15) is 12.8 Å². The van der Waals surface area contributed by atoms with Crippen LogP contribution in [0, 0.1) is 0 Å². The molecule has 3 rings (SSSR count). The molecule has 0 unspecified atom stereocenters. The van der Waals surface area contributed by atoms with Gasteiger partial charge in [-0.3, -0.25) is 0 Å². The molecule has 0 aliphatic heterocycles. The van der Waals surface area contributed by atoms with Gasteiger partial charge < -0.3 is 4.42 Å². The molecule has 1 aromatic carbocycles. The lowest BCUT2D eigenvalue weighted by molar-refractivity contribution is 0.553. The molecule has 0 saturated heterocycles. The Morgan fingerprint density at radius 3 is 2.60 bits per heavy atom. The van der Waals surface area contributed by atoms with Crippen LogP contribution in [0.25, 0.3) is 23.1 Å². The van der Waals surface area contributed by atoms with Gasteiger partial charge >= 0.3 is 5.63 Å². The summed E-state index contributed by atoms with van der Waals surface area (Å²) in [7, 11) is 0. The summed E-state index contributed by atoms with van der Waals surface area (Å²) < 4.78 is 5.25. The standard InChI is InChI=1S/C13H10O2/c14-13-11-7-2-1-5-9(11)10-6-3-4-8-12(10)15-13/h3-8H,1-2H2. The number of hydrogen-bond donors (Lipinski definition) is 0. The first-order valence-corrected chi connectivity index (χ1v) is 5.08. The van der Waals surface area contributed by atoms with Crippen molar-refractivity contribution < 1.29 is 4.42 Å². The minimum atomic E-state index is -0.223. The van der Waals surface area contributed by atoms with Gasteiger partial charge in [0.15, 0.2) is 0 Å². The highest BCUT2D eigenvalue weighted by Gasteiger charge is 2.04. The van der Waals surface area contributed by atoms with Crippen LogP contribution in [0.2, 0.25) is 0 Å². The first-order chi connectivity index (χ1) is 7.36. The Hall–Kier alpha value is -1.83. The molecular formula is C13H10O2. The second-order valence-electron chi connectivity index (χ2n) is 3.70. The molecule has 0 bridgehead atoms. The van der Waals surface area contributed by atoms with Gasteiger partial charge in [-0.1, -0.05) is 30.4 Å². The molecule has 0 N–H and O–H groups in total. The number of para-hydroxylation sites is 1. The molecule has 15 heavy (non-hydrogen) atoms. The molecule has 0 spiro atoms. The van der Waals surface area contributed by atoms with E-state index in [1.54, 1.807) is 0 Å². The molecule has 0 fully saturated rings. The van der Waals surface area contributed by atoms with E-state index in [-0.39, 0.29) is 5.63 Å². The highest BCUT2D eigenvalue weighted by molar-refractivity contribution is 5.78. The van der Waals surface area contributed by atoms with Crippen molar-refractivity contribution in [3.05, 3.63) is 45.1 Å². The Bertz CT molecular complexity index is 693. The zero-order valence-electron chi connectivity index (χ0n) is 8.19. The fraction of sp³-hybridized carbons (Fsp3) is 0.154. The Kier molecular flexibility index (Phi) is 1.75. The Morgan fingerprint density at radius 1 is 1.00 bits per heavy atom. The van der Waals surface area contributed by atoms with E-state index in [1.165, 1.54) is 0 Å². The van der Waals surface area contributed by atoms with Crippen molar-refractivity contribution in [2.24, 2.45) is 0 Å². The van der Waals surface area contributed by atoms with Gasteiger partial charge in [0.2, 0.25) is 0 Å². The van der Waals surface area contributed by atoms with Crippen molar-refractivity contribution in [2.75, 3.05) is 0 Å². The third kappa shape index (κ3) is 1.22. The second kappa shape index (κ2) is 3.09. The Labute approximate surface area is 86.2 Å². The van der Waals surface area contributed by atoms with Gasteiger partial charge in [0.05, 0.1) is 5.22 Å². The van der Waals surface area contributed by atoms with Crippen molar-refractivity contribution in [3.8, 4) is 0 Å². The monoisotopic (exact) mass is 198 g/mol. The number of rotatable bonds is 0. The fourth-order valence-electron chi connectivity index (χ4n) is 2.06. The van der Waals surface area contributed by atoms with Crippen LogP contribution in [0.5, 0.6) is 0 Å². The van der Waals surface area contributed by atoms with Crippen LogP contribution >= 0.6 is 0 Å². The minimum Gasteiger partial charge on any atom is -0.422 e. The summed E-state index contributed by atoms with van der Waals surface area (Å²) in [6.45, 7) is 0. The molecule has 74 valence electrons. The van der Waals surface area contributed by atoms with E-state index >= 15 is 0 Å². The van der Waals surface area contributed by atoms with E-state index in [0.717, 1.165) is 28.7 Å². The first-order valence-electron chi connectivity index (χ1n) is 5.08. The summed E-state index contributed by atoms with van der Waals surface area (Å²) in [6, 6.07) is 7.67. The smallest absolute Gasteiger partial charge is 0.343 e. The van der Waals surface area contributed by atoms with E-state index in [2.05, 4.69) is 6.08 Å². The van der Waals surface area contributed by atoms with Crippen LogP contribution in [-0.4, -0.2) is 0 Å². The molecule has 2 nitrogen and oxygen atoms in total. The number of hydrogen-bond acceptors (Lipinski definition) is 2. The van der Waals surface area contributed by atoms with E-state index in [0.29, 0.717) is 5.58 Å². The van der Waals surface area contributed by atoms with Crippen molar-refractivity contribution >= 4 is 23.1 Å². The molecule has 2 aromatic rings. The number of fused-ring (bicyclic) bond motifs is 3. The van der Waals surface area contributed by atoms with Gasteiger partial charge in [-0.15, -0.1) is 0 Å². The van der Waals surface area contributed by atoms with E-state index in [1.807, 2.05) is 30.3 Å². The quantitative estimate of drug-likeness (QED) is 0.594. The predicted molar refractivity (Wildman–Crippen MR) is 59.9 cm³/mol. The summed E-state index contributed by atoms with van der Waals surface area (Å²) in [5.74, 6) is 0. The average Bonchev–Trinajstić information content (AvgIpc) is 2.30. The molecule has 1 aliphatic rings. The predicted octanol–water partition coefficient (Wildman–Crippen LogP) is 1.15.